The number of amides is 4. The highest BCUT2D eigenvalue weighted by Gasteiger charge is 2.47. The van der Waals surface area contributed by atoms with Crippen molar-refractivity contribution in [3.63, 3.8) is 0 Å². The average Bonchev–Trinajstić information content (AvgIpc) is 3.36. The summed E-state index contributed by atoms with van der Waals surface area (Å²) in [6, 6.07) is 16.7. The van der Waals surface area contributed by atoms with Gasteiger partial charge in [0.1, 0.15) is 24.0 Å². The molecule has 0 saturated carbocycles. The second kappa shape index (κ2) is 11.8. The molecular weight excluding hydrogens is 510 g/mol. The zero-order chi connectivity index (χ0) is 29.0. The van der Waals surface area contributed by atoms with Crippen molar-refractivity contribution < 1.29 is 23.9 Å². The Kier molecular flexibility index (Phi) is 8.46. The van der Waals surface area contributed by atoms with Crippen molar-refractivity contribution in [2.75, 3.05) is 19.6 Å². The van der Waals surface area contributed by atoms with Crippen LogP contribution >= 0.6 is 0 Å². The van der Waals surface area contributed by atoms with Crippen molar-refractivity contribution in [1.29, 1.82) is 0 Å². The Balaban J connectivity index is 1.36. The molecule has 1 aromatic heterocycles. The first kappa shape index (κ1) is 28.7. The van der Waals surface area contributed by atoms with Crippen LogP contribution in [0.25, 0.3) is 10.9 Å². The summed E-state index contributed by atoms with van der Waals surface area (Å²) in [6.45, 7) is 10.0. The molecule has 3 N–H and O–H groups in total. The first-order valence-corrected chi connectivity index (χ1v) is 13.5. The Morgan fingerprint density at radius 3 is 2.38 bits per heavy atom. The van der Waals surface area contributed by atoms with Crippen LogP contribution in [-0.4, -0.2) is 76.4 Å². The van der Waals surface area contributed by atoms with E-state index in [2.05, 4.69) is 15.6 Å². The van der Waals surface area contributed by atoms with Gasteiger partial charge in [-0.15, -0.1) is 0 Å². The maximum Gasteiger partial charge on any atom is 0.413 e. The number of H-pyrrole nitrogens is 1. The molecule has 4 rings (SSSR count). The molecule has 2 aromatic carbocycles. The maximum atomic E-state index is 13.7. The summed E-state index contributed by atoms with van der Waals surface area (Å²) in [5.74, 6) is -0.440. The van der Waals surface area contributed by atoms with E-state index in [0.29, 0.717) is 24.5 Å². The van der Waals surface area contributed by atoms with Crippen LogP contribution in [0, 0.1) is 5.41 Å². The Hall–Kier alpha value is -4.34. The standard InChI is InChI=1S/C30H37N5O5/c1-6-34(25(36)17-31-29(39)40-21-13-8-7-9-14-21)24-18-35(19(24)2)28(38)26(30(3,4)5)33-27(37)23-16-20-12-10-11-15-22(20)32-23/h7-16,19,24,26,32H,6,17-18H2,1-5H3,(H,31,39)(H,33,37)/t19?,24-,26-/m1/s1. The second-order valence-electron chi connectivity index (χ2n) is 11.1. The van der Waals surface area contributed by atoms with Gasteiger partial charge in [-0.3, -0.25) is 14.4 Å². The van der Waals surface area contributed by atoms with Crippen LogP contribution in [-0.2, 0) is 9.59 Å². The van der Waals surface area contributed by atoms with Crippen molar-refractivity contribution in [2.24, 2.45) is 5.41 Å². The lowest BCUT2D eigenvalue weighted by Gasteiger charge is -2.52. The van der Waals surface area contributed by atoms with Gasteiger partial charge in [0.15, 0.2) is 0 Å². The summed E-state index contributed by atoms with van der Waals surface area (Å²) in [5.41, 5.74) is 0.684. The SMILES string of the molecule is CCN(C(=O)CNC(=O)Oc1ccccc1)[C@@H]1CN(C(=O)[C@@H](NC(=O)c2cc3ccccc3[nH]2)C(C)(C)C)C1C. The van der Waals surface area contributed by atoms with Gasteiger partial charge < -0.3 is 30.2 Å². The lowest BCUT2D eigenvalue weighted by atomic mass is 9.83. The molecule has 2 heterocycles. The molecule has 0 bridgehead atoms. The number of ether oxygens (including phenoxy) is 1. The first-order valence-electron chi connectivity index (χ1n) is 13.5. The molecule has 10 heteroatoms. The molecule has 1 saturated heterocycles. The zero-order valence-corrected chi connectivity index (χ0v) is 23.6. The third kappa shape index (κ3) is 6.27. The van der Waals surface area contributed by atoms with Gasteiger partial charge in [0, 0.05) is 24.0 Å². The normalized spacial score (nSPS) is 17.5. The van der Waals surface area contributed by atoms with Crippen LogP contribution < -0.4 is 15.4 Å². The van der Waals surface area contributed by atoms with Gasteiger partial charge in [-0.25, -0.2) is 4.79 Å². The number of aromatic amines is 1. The smallest absolute Gasteiger partial charge is 0.410 e. The van der Waals surface area contributed by atoms with Crippen LogP contribution in [0.15, 0.2) is 60.7 Å². The molecular formula is C30H37N5O5. The molecule has 0 radical (unpaired) electrons. The van der Waals surface area contributed by atoms with E-state index in [0.717, 1.165) is 10.9 Å². The minimum absolute atomic E-state index is 0.200. The number of likely N-dealkylation sites (N-methyl/N-ethyl adjacent to an activating group) is 1. The molecule has 0 aliphatic carbocycles. The van der Waals surface area contributed by atoms with E-state index in [-0.39, 0.29) is 36.3 Å². The molecule has 40 heavy (non-hydrogen) atoms. The summed E-state index contributed by atoms with van der Waals surface area (Å²) in [6.07, 6.45) is -0.715. The molecule has 0 spiro atoms. The zero-order valence-electron chi connectivity index (χ0n) is 23.6. The average molecular weight is 548 g/mol. The predicted octanol–water partition coefficient (Wildman–Crippen LogP) is 3.55. The van der Waals surface area contributed by atoms with Gasteiger partial charge in [-0.05, 0) is 43.5 Å². The van der Waals surface area contributed by atoms with Crippen molar-refractivity contribution in [3.8, 4) is 5.75 Å². The Labute approximate surface area is 234 Å². The van der Waals surface area contributed by atoms with Gasteiger partial charge in [0.05, 0.1) is 12.1 Å². The van der Waals surface area contributed by atoms with E-state index in [1.165, 1.54) is 0 Å². The third-order valence-corrected chi connectivity index (χ3v) is 7.28. The predicted molar refractivity (Wildman–Crippen MR) is 152 cm³/mol. The fourth-order valence-electron chi connectivity index (χ4n) is 4.94. The summed E-state index contributed by atoms with van der Waals surface area (Å²) in [4.78, 5) is 58.3. The van der Waals surface area contributed by atoms with Crippen LogP contribution in [0.3, 0.4) is 0 Å². The van der Waals surface area contributed by atoms with Crippen molar-refractivity contribution >= 4 is 34.7 Å². The van der Waals surface area contributed by atoms with Crippen LogP contribution in [0.4, 0.5) is 4.79 Å². The highest BCUT2D eigenvalue weighted by molar-refractivity contribution is 6.00. The quantitative estimate of drug-likeness (QED) is 0.398. The molecule has 212 valence electrons. The van der Waals surface area contributed by atoms with Gasteiger partial charge in [0.25, 0.3) is 5.91 Å². The molecule has 3 atom stereocenters. The Morgan fingerprint density at radius 2 is 1.75 bits per heavy atom. The fraction of sp³-hybridized carbons (Fsp3) is 0.400. The van der Waals surface area contributed by atoms with E-state index in [4.69, 9.17) is 4.74 Å². The van der Waals surface area contributed by atoms with E-state index in [1.807, 2.05) is 65.0 Å². The number of para-hydroxylation sites is 2. The number of hydrogen-bond donors (Lipinski definition) is 3. The highest BCUT2D eigenvalue weighted by atomic mass is 16.6. The van der Waals surface area contributed by atoms with Gasteiger partial charge in [0.2, 0.25) is 11.8 Å². The Bertz CT molecular complexity index is 1350. The molecule has 1 unspecified atom stereocenters. The maximum absolute atomic E-state index is 13.7. The lowest BCUT2D eigenvalue weighted by Crippen LogP contribution is -2.71. The number of benzene rings is 2. The third-order valence-electron chi connectivity index (χ3n) is 7.28. The van der Waals surface area contributed by atoms with Gasteiger partial charge in [-0.2, -0.15) is 0 Å². The van der Waals surface area contributed by atoms with E-state index in [9.17, 15) is 19.2 Å². The molecule has 1 aliphatic rings. The molecule has 1 aliphatic heterocycles. The van der Waals surface area contributed by atoms with E-state index in [1.54, 1.807) is 40.1 Å². The second-order valence-corrected chi connectivity index (χ2v) is 11.1. The monoisotopic (exact) mass is 547 g/mol. The number of carbonyl (C=O) groups is 4. The summed E-state index contributed by atoms with van der Waals surface area (Å²) in [5, 5.41) is 6.35. The van der Waals surface area contributed by atoms with Crippen molar-refractivity contribution in [1.82, 2.24) is 25.4 Å². The number of nitrogens with zero attached hydrogens (tertiary/aromatic N) is 2. The molecule has 10 nitrogen and oxygen atoms in total. The van der Waals surface area contributed by atoms with Gasteiger partial charge in [-0.1, -0.05) is 57.2 Å². The van der Waals surface area contributed by atoms with Crippen molar-refractivity contribution in [2.45, 2.75) is 52.7 Å². The van der Waals surface area contributed by atoms with E-state index >= 15 is 0 Å². The van der Waals surface area contributed by atoms with Crippen molar-refractivity contribution in [3.05, 3.63) is 66.4 Å². The van der Waals surface area contributed by atoms with Crippen LogP contribution in [0.5, 0.6) is 5.75 Å². The molecule has 3 aromatic rings. The largest absolute Gasteiger partial charge is 0.413 e. The lowest BCUT2D eigenvalue weighted by molar-refractivity contribution is -0.155. The number of carbonyl (C=O) groups excluding carboxylic acids is 4. The highest BCUT2D eigenvalue weighted by Crippen LogP contribution is 2.29. The minimum atomic E-state index is -0.769. The Morgan fingerprint density at radius 1 is 1.07 bits per heavy atom. The number of fused-ring (bicyclic) bond motifs is 1. The summed E-state index contributed by atoms with van der Waals surface area (Å²) < 4.78 is 5.18. The van der Waals surface area contributed by atoms with Crippen LogP contribution in [0.2, 0.25) is 0 Å². The van der Waals surface area contributed by atoms with E-state index < -0.39 is 17.6 Å². The van der Waals surface area contributed by atoms with Gasteiger partial charge >= 0.3 is 6.09 Å². The molecule has 1 fully saturated rings. The number of likely N-dealkylation sites (tertiary alicyclic amines) is 1. The number of aromatic nitrogens is 1. The minimum Gasteiger partial charge on any atom is -0.410 e. The number of rotatable bonds is 8. The van der Waals surface area contributed by atoms with Crippen LogP contribution in [0.1, 0.15) is 45.1 Å². The molecule has 4 amide bonds. The number of nitrogens with one attached hydrogen (secondary N) is 3. The summed E-state index contributed by atoms with van der Waals surface area (Å²) >= 11 is 0. The number of hydrogen-bond acceptors (Lipinski definition) is 5. The first-order chi connectivity index (χ1) is 19.0. The topological polar surface area (TPSA) is 124 Å². The fourth-order valence-corrected chi connectivity index (χ4v) is 4.94. The summed E-state index contributed by atoms with van der Waals surface area (Å²) in [7, 11) is 0.